The summed E-state index contributed by atoms with van der Waals surface area (Å²) in [6, 6.07) is 5.69. The van der Waals surface area contributed by atoms with Crippen molar-refractivity contribution in [2.75, 3.05) is 18.5 Å². The van der Waals surface area contributed by atoms with Crippen molar-refractivity contribution in [2.24, 2.45) is 0 Å². The summed E-state index contributed by atoms with van der Waals surface area (Å²) >= 11 is 5.10. The summed E-state index contributed by atoms with van der Waals surface area (Å²) in [5, 5.41) is 2.97. The normalized spacial score (nSPS) is 15.9. The first kappa shape index (κ1) is 15.0. The lowest BCUT2D eigenvalue weighted by molar-refractivity contribution is 0.103. The van der Waals surface area contributed by atoms with Gasteiger partial charge in [-0.3, -0.25) is 4.79 Å². The van der Waals surface area contributed by atoms with Crippen LogP contribution in [0.15, 0.2) is 22.7 Å². The number of thiophene rings is 1. The topological polar surface area (TPSA) is 47.6 Å². The van der Waals surface area contributed by atoms with Crippen molar-refractivity contribution >= 4 is 38.9 Å². The van der Waals surface area contributed by atoms with Gasteiger partial charge in [0.15, 0.2) is 11.5 Å². The Balaban J connectivity index is 1.57. The smallest absolute Gasteiger partial charge is 0.265 e. The lowest BCUT2D eigenvalue weighted by atomic mass is 9.99. The van der Waals surface area contributed by atoms with Crippen LogP contribution in [-0.4, -0.2) is 19.1 Å². The van der Waals surface area contributed by atoms with Crippen molar-refractivity contribution in [2.45, 2.75) is 25.7 Å². The lowest BCUT2D eigenvalue weighted by Gasteiger charge is -2.20. The summed E-state index contributed by atoms with van der Waals surface area (Å²) in [6.45, 7) is 1.07. The summed E-state index contributed by atoms with van der Waals surface area (Å²) in [4.78, 5) is 14.7. The van der Waals surface area contributed by atoms with E-state index < -0.39 is 0 Å². The maximum absolute atomic E-state index is 12.6. The molecule has 1 amide bonds. The van der Waals surface area contributed by atoms with E-state index in [4.69, 9.17) is 9.47 Å². The number of carbonyl (C=O) groups excluding carboxylic acids is 1. The highest BCUT2D eigenvalue weighted by Crippen LogP contribution is 2.38. The van der Waals surface area contributed by atoms with Gasteiger partial charge in [-0.25, -0.2) is 0 Å². The van der Waals surface area contributed by atoms with Crippen molar-refractivity contribution in [1.29, 1.82) is 0 Å². The third-order valence-corrected chi connectivity index (χ3v) is 5.99. The zero-order chi connectivity index (χ0) is 15.8. The van der Waals surface area contributed by atoms with Crippen LogP contribution in [0.3, 0.4) is 0 Å². The van der Waals surface area contributed by atoms with E-state index in [1.54, 1.807) is 11.3 Å². The lowest BCUT2D eigenvalue weighted by Crippen LogP contribution is -2.16. The van der Waals surface area contributed by atoms with Crippen LogP contribution < -0.4 is 14.8 Å². The monoisotopic (exact) mass is 393 g/mol. The number of aryl methyl sites for hydroxylation is 2. The second-order valence-corrected chi connectivity index (χ2v) is 7.69. The molecule has 0 saturated carbocycles. The van der Waals surface area contributed by atoms with Gasteiger partial charge in [-0.05, 0) is 53.2 Å². The minimum Gasteiger partial charge on any atom is -0.486 e. The number of anilines is 1. The largest absolute Gasteiger partial charge is 0.486 e. The second-order valence-electron chi connectivity index (χ2n) is 5.70. The Morgan fingerprint density at radius 2 is 1.83 bits per heavy atom. The predicted octanol–water partition coefficient (Wildman–Crippen LogP) is 4.41. The van der Waals surface area contributed by atoms with Gasteiger partial charge in [0.1, 0.15) is 13.2 Å². The Kier molecular flexibility index (Phi) is 4.03. The fraction of sp³-hybridized carbons (Fsp3) is 0.353. The molecule has 0 fully saturated rings. The van der Waals surface area contributed by atoms with Gasteiger partial charge < -0.3 is 14.8 Å². The van der Waals surface area contributed by atoms with Gasteiger partial charge in [0.25, 0.3) is 5.91 Å². The number of fused-ring (bicyclic) bond motifs is 2. The van der Waals surface area contributed by atoms with Crippen molar-refractivity contribution < 1.29 is 14.3 Å². The average Bonchev–Trinajstić information content (AvgIpc) is 3.00. The van der Waals surface area contributed by atoms with E-state index in [0.717, 1.165) is 22.2 Å². The zero-order valence-corrected chi connectivity index (χ0v) is 14.9. The van der Waals surface area contributed by atoms with Gasteiger partial charge >= 0.3 is 0 Å². The first-order chi connectivity index (χ1) is 11.2. The van der Waals surface area contributed by atoms with Gasteiger partial charge in [0, 0.05) is 21.5 Å². The van der Waals surface area contributed by atoms with Gasteiger partial charge in [0.2, 0.25) is 0 Å². The summed E-state index contributed by atoms with van der Waals surface area (Å²) in [5.41, 5.74) is 2.04. The Morgan fingerprint density at radius 1 is 1.09 bits per heavy atom. The van der Waals surface area contributed by atoms with Crippen molar-refractivity contribution in [3.8, 4) is 11.5 Å². The number of rotatable bonds is 2. The molecule has 0 spiro atoms. The number of ether oxygens (including phenoxy) is 2. The fourth-order valence-electron chi connectivity index (χ4n) is 2.95. The molecule has 0 bridgehead atoms. The molecule has 2 heterocycles. The van der Waals surface area contributed by atoms with E-state index in [1.165, 1.54) is 23.3 Å². The molecule has 0 atom stereocenters. The van der Waals surface area contributed by atoms with Crippen LogP contribution >= 0.6 is 27.3 Å². The van der Waals surface area contributed by atoms with E-state index >= 15 is 0 Å². The van der Waals surface area contributed by atoms with Crippen LogP contribution in [0.4, 0.5) is 5.69 Å². The molecule has 1 aliphatic heterocycles. The maximum Gasteiger partial charge on any atom is 0.265 e. The second kappa shape index (κ2) is 6.17. The number of nitrogens with one attached hydrogen (secondary N) is 1. The zero-order valence-electron chi connectivity index (χ0n) is 12.5. The number of amides is 1. The number of carbonyl (C=O) groups is 1. The molecule has 4 rings (SSSR count). The summed E-state index contributed by atoms with van der Waals surface area (Å²) in [7, 11) is 0. The van der Waals surface area contributed by atoms with Crippen LogP contribution in [0.2, 0.25) is 0 Å². The molecule has 6 heteroatoms. The van der Waals surface area contributed by atoms with Gasteiger partial charge in [-0.1, -0.05) is 0 Å². The minimum absolute atomic E-state index is 0.0678. The van der Waals surface area contributed by atoms with Crippen LogP contribution in [0.25, 0.3) is 0 Å². The van der Waals surface area contributed by atoms with Crippen molar-refractivity contribution in [1.82, 2.24) is 0 Å². The first-order valence-electron chi connectivity index (χ1n) is 7.73. The van der Waals surface area contributed by atoms with Crippen molar-refractivity contribution in [3.63, 3.8) is 0 Å². The van der Waals surface area contributed by atoms with Gasteiger partial charge in [0.05, 0.1) is 10.6 Å². The predicted molar refractivity (Wildman–Crippen MR) is 94.0 cm³/mol. The Morgan fingerprint density at radius 3 is 2.61 bits per heavy atom. The highest BCUT2D eigenvalue weighted by Gasteiger charge is 2.20. The SMILES string of the molecule is O=C(Nc1cc2c(cc1Br)OCCO2)c1cc2c(s1)CCCC2. The molecule has 4 nitrogen and oxygen atoms in total. The van der Waals surface area contributed by atoms with Crippen LogP contribution in [-0.2, 0) is 12.8 Å². The van der Waals surface area contributed by atoms with Gasteiger partial charge in [-0.2, -0.15) is 0 Å². The molecule has 1 aromatic carbocycles. The third kappa shape index (κ3) is 2.97. The van der Waals surface area contributed by atoms with Crippen LogP contribution in [0, 0.1) is 0 Å². The summed E-state index contributed by atoms with van der Waals surface area (Å²) in [5.74, 6) is 1.30. The molecule has 2 aliphatic rings. The Bertz CT molecular complexity index is 748. The Labute approximate surface area is 146 Å². The van der Waals surface area contributed by atoms with Gasteiger partial charge in [-0.15, -0.1) is 11.3 Å². The molecule has 1 aliphatic carbocycles. The fourth-order valence-corrected chi connectivity index (χ4v) is 4.52. The molecule has 0 radical (unpaired) electrons. The van der Waals surface area contributed by atoms with Crippen LogP contribution in [0.5, 0.6) is 11.5 Å². The number of benzene rings is 1. The number of hydrogen-bond donors (Lipinski definition) is 1. The summed E-state index contributed by atoms with van der Waals surface area (Å²) < 4.78 is 11.9. The molecular formula is C17H16BrNO3S. The molecule has 120 valence electrons. The van der Waals surface area contributed by atoms with Crippen molar-refractivity contribution in [3.05, 3.63) is 38.0 Å². The van der Waals surface area contributed by atoms with E-state index in [0.29, 0.717) is 30.4 Å². The molecule has 1 N–H and O–H groups in total. The minimum atomic E-state index is -0.0678. The number of hydrogen-bond acceptors (Lipinski definition) is 4. The first-order valence-corrected chi connectivity index (χ1v) is 9.34. The van der Waals surface area contributed by atoms with Crippen LogP contribution in [0.1, 0.15) is 33.0 Å². The molecular weight excluding hydrogens is 378 g/mol. The van der Waals surface area contributed by atoms with E-state index in [-0.39, 0.29) is 5.91 Å². The highest BCUT2D eigenvalue weighted by atomic mass is 79.9. The quantitative estimate of drug-likeness (QED) is 0.821. The number of halogens is 1. The molecule has 0 unspecified atom stereocenters. The highest BCUT2D eigenvalue weighted by molar-refractivity contribution is 9.10. The standard InChI is InChI=1S/C17H16BrNO3S/c18-11-8-13-14(22-6-5-21-13)9-12(11)19-17(20)16-7-10-3-1-2-4-15(10)23-16/h7-9H,1-6H2,(H,19,20). The molecule has 2 aromatic rings. The maximum atomic E-state index is 12.6. The molecule has 23 heavy (non-hydrogen) atoms. The third-order valence-electron chi connectivity index (χ3n) is 4.10. The molecule has 1 aromatic heterocycles. The Hall–Kier alpha value is -1.53. The van der Waals surface area contributed by atoms with E-state index in [2.05, 4.69) is 21.2 Å². The summed E-state index contributed by atoms with van der Waals surface area (Å²) in [6.07, 6.45) is 4.63. The van der Waals surface area contributed by atoms with E-state index in [1.807, 2.05) is 18.2 Å². The molecule has 0 saturated heterocycles. The van der Waals surface area contributed by atoms with E-state index in [9.17, 15) is 4.79 Å². The average molecular weight is 394 g/mol.